The van der Waals surface area contributed by atoms with Crippen LogP contribution in [0.25, 0.3) is 0 Å². The molecule has 1 amide bonds. The van der Waals surface area contributed by atoms with E-state index in [1.54, 1.807) is 0 Å². The maximum absolute atomic E-state index is 12.2. The monoisotopic (exact) mass is 332 g/mol. The van der Waals surface area contributed by atoms with E-state index < -0.39 is 5.60 Å². The first-order valence-electron chi connectivity index (χ1n) is 9.05. The summed E-state index contributed by atoms with van der Waals surface area (Å²) in [6.45, 7) is 11.7. The Kier molecular flexibility index (Phi) is 6.27. The summed E-state index contributed by atoms with van der Waals surface area (Å²) in [6, 6.07) is 11.4. The number of hydrogen-bond acceptors (Lipinski definition) is 3. The van der Waals surface area contributed by atoms with Crippen LogP contribution < -0.4 is 5.32 Å². The molecule has 1 N–H and O–H groups in total. The van der Waals surface area contributed by atoms with E-state index in [2.05, 4.69) is 49.5 Å². The topological polar surface area (TPSA) is 41.6 Å². The van der Waals surface area contributed by atoms with Gasteiger partial charge >= 0.3 is 6.09 Å². The first-order valence-corrected chi connectivity index (χ1v) is 9.05. The Balaban J connectivity index is 1.88. The summed E-state index contributed by atoms with van der Waals surface area (Å²) in [5.74, 6) is 0.524. The maximum atomic E-state index is 12.2. The standard InChI is InChI=1S/C20H32N2O2/c1-15(2)18(16-9-7-6-8-10-16)21-17-11-13-22(14-12-17)19(23)24-20(3,4)5/h6-10,15,17-18,21H,11-14H2,1-5H3/t18-/m1/s1. The van der Waals surface area contributed by atoms with Gasteiger partial charge in [0, 0.05) is 25.2 Å². The van der Waals surface area contributed by atoms with Crippen LogP contribution in [0.2, 0.25) is 0 Å². The summed E-state index contributed by atoms with van der Waals surface area (Å²) in [4.78, 5) is 14.0. The van der Waals surface area contributed by atoms with Crippen molar-refractivity contribution in [1.82, 2.24) is 10.2 Å². The Labute approximate surface area is 146 Å². The van der Waals surface area contributed by atoms with Crippen molar-refractivity contribution in [3.05, 3.63) is 35.9 Å². The SMILES string of the molecule is CC(C)[C@@H](NC1CCN(C(=O)OC(C)(C)C)CC1)c1ccccc1. The minimum atomic E-state index is -0.428. The molecule has 4 nitrogen and oxygen atoms in total. The molecule has 1 fully saturated rings. The van der Waals surface area contributed by atoms with Crippen LogP contribution in [0.5, 0.6) is 0 Å². The highest BCUT2D eigenvalue weighted by Gasteiger charge is 2.28. The molecule has 0 radical (unpaired) electrons. The van der Waals surface area contributed by atoms with Crippen LogP contribution in [-0.2, 0) is 4.74 Å². The van der Waals surface area contributed by atoms with Gasteiger partial charge in [0.05, 0.1) is 0 Å². The predicted octanol–water partition coefficient (Wildman–Crippen LogP) is 4.37. The molecule has 1 aliphatic rings. The van der Waals surface area contributed by atoms with Gasteiger partial charge in [0.25, 0.3) is 0 Å². The third-order valence-corrected chi connectivity index (χ3v) is 4.39. The fraction of sp³-hybridized carbons (Fsp3) is 0.650. The molecule has 24 heavy (non-hydrogen) atoms. The Hall–Kier alpha value is -1.55. The summed E-state index contributed by atoms with van der Waals surface area (Å²) in [7, 11) is 0. The number of carbonyl (C=O) groups is 1. The molecule has 0 aromatic heterocycles. The van der Waals surface area contributed by atoms with Crippen molar-refractivity contribution < 1.29 is 9.53 Å². The van der Waals surface area contributed by atoms with Crippen LogP contribution in [0.1, 0.15) is 59.1 Å². The summed E-state index contributed by atoms with van der Waals surface area (Å²) in [5.41, 5.74) is 0.907. The van der Waals surface area contributed by atoms with Crippen molar-refractivity contribution in [2.45, 2.75) is 65.1 Å². The maximum Gasteiger partial charge on any atom is 0.410 e. The van der Waals surface area contributed by atoms with Crippen LogP contribution in [-0.4, -0.2) is 35.7 Å². The van der Waals surface area contributed by atoms with Gasteiger partial charge in [-0.1, -0.05) is 44.2 Å². The lowest BCUT2D eigenvalue weighted by molar-refractivity contribution is 0.0194. The van der Waals surface area contributed by atoms with Crippen molar-refractivity contribution in [2.75, 3.05) is 13.1 Å². The molecule has 0 spiro atoms. The second kappa shape index (κ2) is 8.02. The zero-order valence-electron chi connectivity index (χ0n) is 15.7. The number of likely N-dealkylation sites (tertiary alicyclic amines) is 1. The molecule has 1 aliphatic heterocycles. The Bertz CT molecular complexity index is 514. The summed E-state index contributed by atoms with van der Waals surface area (Å²) < 4.78 is 5.47. The zero-order chi connectivity index (χ0) is 17.7. The minimum Gasteiger partial charge on any atom is -0.444 e. The Morgan fingerprint density at radius 3 is 2.25 bits per heavy atom. The molecule has 4 heteroatoms. The zero-order valence-corrected chi connectivity index (χ0v) is 15.7. The molecule has 134 valence electrons. The van der Waals surface area contributed by atoms with Crippen molar-refractivity contribution in [3.8, 4) is 0 Å². The second-order valence-electron chi connectivity index (χ2n) is 8.04. The third kappa shape index (κ3) is 5.52. The van der Waals surface area contributed by atoms with Gasteiger partial charge in [-0.05, 0) is 45.1 Å². The van der Waals surface area contributed by atoms with Gasteiger partial charge in [0.2, 0.25) is 0 Å². The molecule has 0 aliphatic carbocycles. The highest BCUT2D eigenvalue weighted by atomic mass is 16.6. The average molecular weight is 332 g/mol. The lowest BCUT2D eigenvalue weighted by atomic mass is 9.93. The van der Waals surface area contributed by atoms with Crippen LogP contribution in [0.4, 0.5) is 4.79 Å². The minimum absolute atomic E-state index is 0.190. The molecular formula is C20H32N2O2. The van der Waals surface area contributed by atoms with E-state index in [4.69, 9.17) is 4.74 Å². The molecule has 1 saturated heterocycles. The average Bonchev–Trinajstić information content (AvgIpc) is 2.52. The van der Waals surface area contributed by atoms with Crippen molar-refractivity contribution >= 4 is 6.09 Å². The molecule has 1 aromatic carbocycles. The lowest BCUT2D eigenvalue weighted by Crippen LogP contribution is -2.47. The number of ether oxygens (including phenoxy) is 1. The van der Waals surface area contributed by atoms with Crippen LogP contribution in [0.15, 0.2) is 30.3 Å². The van der Waals surface area contributed by atoms with Gasteiger partial charge in [0.1, 0.15) is 5.60 Å². The van der Waals surface area contributed by atoms with Crippen molar-refractivity contribution in [3.63, 3.8) is 0 Å². The number of amides is 1. The molecule has 2 rings (SSSR count). The van der Waals surface area contributed by atoms with E-state index in [-0.39, 0.29) is 6.09 Å². The van der Waals surface area contributed by atoms with Gasteiger partial charge in [-0.2, -0.15) is 0 Å². The Morgan fingerprint density at radius 2 is 1.75 bits per heavy atom. The summed E-state index contributed by atoms with van der Waals surface area (Å²) in [5, 5.41) is 3.80. The predicted molar refractivity (Wildman–Crippen MR) is 98.0 cm³/mol. The number of nitrogens with one attached hydrogen (secondary N) is 1. The van der Waals surface area contributed by atoms with Gasteiger partial charge in [-0.15, -0.1) is 0 Å². The van der Waals surface area contributed by atoms with E-state index >= 15 is 0 Å². The van der Waals surface area contributed by atoms with Gasteiger partial charge in [0.15, 0.2) is 0 Å². The van der Waals surface area contributed by atoms with Crippen LogP contribution in [0, 0.1) is 5.92 Å². The summed E-state index contributed by atoms with van der Waals surface area (Å²) in [6.07, 6.45) is 1.74. The smallest absolute Gasteiger partial charge is 0.410 e. The van der Waals surface area contributed by atoms with Gasteiger partial charge in [-0.3, -0.25) is 0 Å². The number of nitrogens with zero attached hydrogens (tertiary/aromatic N) is 1. The van der Waals surface area contributed by atoms with Gasteiger partial charge in [-0.25, -0.2) is 4.79 Å². The second-order valence-corrected chi connectivity index (χ2v) is 8.04. The van der Waals surface area contributed by atoms with Gasteiger partial charge < -0.3 is 15.0 Å². The number of piperidine rings is 1. The number of hydrogen-bond donors (Lipinski definition) is 1. The van der Waals surface area contributed by atoms with Crippen molar-refractivity contribution in [1.29, 1.82) is 0 Å². The van der Waals surface area contributed by atoms with E-state index in [0.717, 1.165) is 25.9 Å². The first-order chi connectivity index (χ1) is 11.3. The van der Waals surface area contributed by atoms with E-state index in [9.17, 15) is 4.79 Å². The third-order valence-electron chi connectivity index (χ3n) is 4.39. The molecule has 0 unspecified atom stereocenters. The highest BCUT2D eigenvalue weighted by molar-refractivity contribution is 5.68. The number of rotatable bonds is 4. The fourth-order valence-corrected chi connectivity index (χ4v) is 3.14. The van der Waals surface area contributed by atoms with Crippen LogP contribution in [0.3, 0.4) is 0 Å². The lowest BCUT2D eigenvalue weighted by Gasteiger charge is -2.36. The Morgan fingerprint density at radius 1 is 1.17 bits per heavy atom. The number of benzene rings is 1. The molecular weight excluding hydrogens is 300 g/mol. The van der Waals surface area contributed by atoms with Crippen LogP contribution >= 0.6 is 0 Å². The highest BCUT2D eigenvalue weighted by Crippen LogP contribution is 2.24. The molecule has 1 aromatic rings. The van der Waals surface area contributed by atoms with E-state index in [1.807, 2.05) is 25.7 Å². The fourth-order valence-electron chi connectivity index (χ4n) is 3.14. The van der Waals surface area contributed by atoms with Crippen molar-refractivity contribution in [2.24, 2.45) is 5.92 Å². The number of carbonyl (C=O) groups excluding carboxylic acids is 1. The van der Waals surface area contributed by atoms with E-state index in [0.29, 0.717) is 18.0 Å². The first kappa shape index (κ1) is 18.8. The largest absolute Gasteiger partial charge is 0.444 e. The quantitative estimate of drug-likeness (QED) is 0.890. The molecule has 0 bridgehead atoms. The van der Waals surface area contributed by atoms with E-state index in [1.165, 1.54) is 5.56 Å². The molecule has 1 heterocycles. The molecule has 0 saturated carbocycles. The molecule has 1 atom stereocenters. The normalized spacial score (nSPS) is 17.8. The summed E-state index contributed by atoms with van der Waals surface area (Å²) >= 11 is 0.